The molecule has 1 aromatic carbocycles. The van der Waals surface area contributed by atoms with Gasteiger partial charge in [-0.3, -0.25) is 9.59 Å². The molecule has 0 spiro atoms. The van der Waals surface area contributed by atoms with E-state index < -0.39 is 54.6 Å². The molecular formula is C18H19F3O5S. The van der Waals surface area contributed by atoms with E-state index in [-0.39, 0.29) is 6.61 Å². The van der Waals surface area contributed by atoms with E-state index in [1.807, 2.05) is 0 Å². The molecule has 5 nitrogen and oxygen atoms in total. The number of Topliss-reactive ketones (excluding diaryl/α,β-unsaturated/α-hetero) is 2. The monoisotopic (exact) mass is 404 g/mol. The Morgan fingerprint density at radius 2 is 1.85 bits per heavy atom. The van der Waals surface area contributed by atoms with Crippen molar-refractivity contribution in [2.75, 3.05) is 12.9 Å². The molecule has 0 aromatic heterocycles. The summed E-state index contributed by atoms with van der Waals surface area (Å²) in [4.78, 5) is 24.8. The van der Waals surface area contributed by atoms with E-state index in [2.05, 4.69) is 0 Å². The van der Waals surface area contributed by atoms with Gasteiger partial charge in [0, 0.05) is 17.2 Å². The van der Waals surface area contributed by atoms with E-state index in [1.165, 1.54) is 0 Å². The summed E-state index contributed by atoms with van der Waals surface area (Å²) in [7, 11) is -3.91. The number of carbonyl (C=O) groups excluding carboxylic acids is 2. The molecule has 0 unspecified atom stereocenters. The Labute approximate surface area is 155 Å². The summed E-state index contributed by atoms with van der Waals surface area (Å²) in [5.41, 5.74) is -3.47. The average Bonchev–Trinajstić information content (AvgIpc) is 3.31. The van der Waals surface area contributed by atoms with Crippen LogP contribution < -0.4 is 0 Å². The predicted molar refractivity (Wildman–Crippen MR) is 90.9 cm³/mol. The lowest BCUT2D eigenvalue weighted by Gasteiger charge is -2.16. The number of ketones is 2. The largest absolute Gasteiger partial charge is 0.501 e. The number of halogens is 3. The van der Waals surface area contributed by atoms with Gasteiger partial charge in [-0.05, 0) is 38.0 Å². The molecular weight excluding hydrogens is 385 g/mol. The van der Waals surface area contributed by atoms with Crippen molar-refractivity contribution in [3.8, 4) is 0 Å². The molecule has 0 aliphatic heterocycles. The first-order chi connectivity index (χ1) is 12.3. The van der Waals surface area contributed by atoms with Crippen LogP contribution in [0.1, 0.15) is 42.6 Å². The van der Waals surface area contributed by atoms with Crippen molar-refractivity contribution in [1.82, 2.24) is 0 Å². The Bertz CT molecular complexity index is 909. The Hall–Kier alpha value is -2.16. The zero-order valence-corrected chi connectivity index (χ0v) is 15.8. The van der Waals surface area contributed by atoms with Gasteiger partial charge in [-0.2, -0.15) is 13.2 Å². The summed E-state index contributed by atoms with van der Waals surface area (Å²) in [6.07, 6.45) is -2.26. The molecule has 0 amide bonds. The molecule has 2 rings (SSSR count). The number of sulfone groups is 1. The van der Waals surface area contributed by atoms with Crippen molar-refractivity contribution in [2.24, 2.45) is 5.41 Å². The van der Waals surface area contributed by atoms with E-state index in [0.717, 1.165) is 24.7 Å². The first-order valence-electron chi connectivity index (χ1n) is 8.14. The van der Waals surface area contributed by atoms with Crippen molar-refractivity contribution in [1.29, 1.82) is 0 Å². The molecule has 1 aliphatic carbocycles. The maximum absolute atomic E-state index is 13.5. The van der Waals surface area contributed by atoms with Crippen LogP contribution in [0.4, 0.5) is 13.2 Å². The van der Waals surface area contributed by atoms with Gasteiger partial charge in [0.1, 0.15) is 5.57 Å². The Morgan fingerprint density at radius 1 is 1.26 bits per heavy atom. The number of benzene rings is 1. The molecule has 0 radical (unpaired) electrons. The molecule has 0 N–H and O–H groups in total. The maximum Gasteiger partial charge on any atom is 0.417 e. The molecule has 1 saturated carbocycles. The lowest BCUT2D eigenvalue weighted by atomic mass is 9.90. The van der Waals surface area contributed by atoms with Gasteiger partial charge in [0.2, 0.25) is 0 Å². The van der Waals surface area contributed by atoms with E-state index in [4.69, 9.17) is 4.74 Å². The summed E-state index contributed by atoms with van der Waals surface area (Å²) in [6.45, 7) is 3.35. The molecule has 1 aromatic rings. The second kappa shape index (κ2) is 7.10. The minimum atomic E-state index is -4.98. The summed E-state index contributed by atoms with van der Waals surface area (Å²) < 4.78 is 68.5. The van der Waals surface area contributed by atoms with Gasteiger partial charge < -0.3 is 4.74 Å². The second-order valence-electron chi connectivity index (χ2n) is 6.68. The molecule has 0 heterocycles. The first-order valence-corrected chi connectivity index (χ1v) is 10.0. The van der Waals surface area contributed by atoms with Crippen LogP contribution in [0.15, 0.2) is 34.9 Å². The maximum atomic E-state index is 13.5. The molecule has 27 heavy (non-hydrogen) atoms. The van der Waals surface area contributed by atoms with Gasteiger partial charge in [0.05, 0.1) is 23.3 Å². The van der Waals surface area contributed by atoms with E-state index in [9.17, 15) is 31.2 Å². The minimum Gasteiger partial charge on any atom is -0.501 e. The fourth-order valence-corrected chi connectivity index (χ4v) is 3.10. The van der Waals surface area contributed by atoms with Crippen LogP contribution in [-0.4, -0.2) is 32.8 Å². The zero-order chi connectivity index (χ0) is 20.6. The fourth-order valence-electron chi connectivity index (χ4n) is 2.45. The number of ether oxygens (including phenoxy) is 1. The van der Waals surface area contributed by atoms with Gasteiger partial charge in [-0.1, -0.05) is 6.92 Å². The summed E-state index contributed by atoms with van der Waals surface area (Å²) in [6, 6.07) is 2.10. The third kappa shape index (κ3) is 4.58. The Kier molecular flexibility index (Phi) is 5.56. The molecule has 1 aliphatic rings. The smallest absolute Gasteiger partial charge is 0.417 e. The molecule has 9 heteroatoms. The molecule has 0 bridgehead atoms. The van der Waals surface area contributed by atoms with E-state index in [1.54, 1.807) is 13.8 Å². The zero-order valence-electron chi connectivity index (χ0n) is 15.0. The normalized spacial score (nSPS) is 16.7. The van der Waals surface area contributed by atoms with Gasteiger partial charge in [0.25, 0.3) is 0 Å². The average molecular weight is 404 g/mol. The van der Waals surface area contributed by atoms with Crippen LogP contribution in [0.25, 0.3) is 0 Å². The van der Waals surface area contributed by atoms with Crippen LogP contribution in [0.5, 0.6) is 0 Å². The van der Waals surface area contributed by atoms with Crippen molar-refractivity contribution in [2.45, 2.75) is 37.8 Å². The van der Waals surface area contributed by atoms with Crippen molar-refractivity contribution >= 4 is 21.4 Å². The van der Waals surface area contributed by atoms with Gasteiger partial charge in [0.15, 0.2) is 21.4 Å². The number of alkyl halides is 3. The van der Waals surface area contributed by atoms with Crippen molar-refractivity contribution in [3.05, 3.63) is 41.2 Å². The molecule has 0 saturated heterocycles. The quantitative estimate of drug-likeness (QED) is 0.228. The summed E-state index contributed by atoms with van der Waals surface area (Å²) in [5.74, 6) is -1.73. The lowest BCUT2D eigenvalue weighted by molar-refractivity contribution is -0.138. The fraction of sp³-hybridized carbons (Fsp3) is 0.444. The number of rotatable bonds is 7. The molecule has 148 valence electrons. The van der Waals surface area contributed by atoms with E-state index in [0.29, 0.717) is 18.9 Å². The van der Waals surface area contributed by atoms with Gasteiger partial charge in [-0.15, -0.1) is 0 Å². The van der Waals surface area contributed by atoms with E-state index >= 15 is 0 Å². The first kappa shape index (κ1) is 21.1. The minimum absolute atomic E-state index is 0.125. The standard InChI is InChI=1S/C18H19F3O5S/c1-4-26-10-13(16(23)17(2)7-8-17)15(22)12-6-5-11(27(3,24)25)9-14(12)18(19,20)21/h5-6,9-10H,4,7-8H2,1-3H3. The number of carbonyl (C=O) groups is 2. The lowest BCUT2D eigenvalue weighted by Crippen LogP contribution is -2.23. The molecule has 0 atom stereocenters. The molecule has 1 fully saturated rings. The van der Waals surface area contributed by atoms with Crippen LogP contribution >= 0.6 is 0 Å². The highest BCUT2D eigenvalue weighted by Crippen LogP contribution is 2.48. The van der Waals surface area contributed by atoms with Crippen LogP contribution in [-0.2, 0) is 25.5 Å². The van der Waals surface area contributed by atoms with Crippen LogP contribution in [0, 0.1) is 5.41 Å². The van der Waals surface area contributed by atoms with Crippen LogP contribution in [0.2, 0.25) is 0 Å². The number of hydrogen-bond acceptors (Lipinski definition) is 5. The summed E-state index contributed by atoms with van der Waals surface area (Å²) in [5, 5.41) is 0. The third-order valence-electron chi connectivity index (χ3n) is 4.37. The van der Waals surface area contributed by atoms with Gasteiger partial charge >= 0.3 is 6.18 Å². The highest BCUT2D eigenvalue weighted by atomic mass is 32.2. The third-order valence-corrected chi connectivity index (χ3v) is 5.48. The summed E-state index contributed by atoms with van der Waals surface area (Å²) >= 11 is 0. The number of hydrogen-bond donors (Lipinski definition) is 0. The number of allylic oxidation sites excluding steroid dienone is 1. The predicted octanol–water partition coefficient (Wildman–Crippen LogP) is 3.58. The highest BCUT2D eigenvalue weighted by molar-refractivity contribution is 7.90. The highest BCUT2D eigenvalue weighted by Gasteiger charge is 2.48. The van der Waals surface area contributed by atoms with Gasteiger partial charge in [-0.25, -0.2) is 8.42 Å². The SMILES string of the molecule is CCOC=C(C(=O)c1ccc(S(C)(=O)=O)cc1C(F)(F)F)C(=O)C1(C)CC1. The Morgan fingerprint density at radius 3 is 2.30 bits per heavy atom. The van der Waals surface area contributed by atoms with Crippen molar-refractivity contribution < 1.29 is 35.9 Å². The van der Waals surface area contributed by atoms with Crippen molar-refractivity contribution in [3.63, 3.8) is 0 Å². The van der Waals surface area contributed by atoms with Crippen LogP contribution in [0.3, 0.4) is 0 Å². The second-order valence-corrected chi connectivity index (χ2v) is 8.70. The Balaban J connectivity index is 2.60. The topological polar surface area (TPSA) is 77.5 Å².